The van der Waals surface area contributed by atoms with Crippen LogP contribution in [0.3, 0.4) is 0 Å². The van der Waals surface area contributed by atoms with Gasteiger partial charge in [-0.1, -0.05) is 42.5 Å². The van der Waals surface area contributed by atoms with E-state index in [0.29, 0.717) is 5.69 Å². The second-order valence-corrected chi connectivity index (χ2v) is 8.41. The highest BCUT2D eigenvalue weighted by Crippen LogP contribution is 2.41. The van der Waals surface area contributed by atoms with E-state index < -0.39 is 0 Å². The molecule has 1 aliphatic rings. The van der Waals surface area contributed by atoms with Crippen LogP contribution in [0.5, 0.6) is 0 Å². The molecule has 6 heteroatoms. The fourth-order valence-corrected chi connectivity index (χ4v) is 5.10. The lowest BCUT2D eigenvalue weighted by Crippen LogP contribution is -2.47. The van der Waals surface area contributed by atoms with Gasteiger partial charge in [0.1, 0.15) is 22.8 Å². The molecule has 0 amide bonds. The molecule has 1 fully saturated rings. The van der Waals surface area contributed by atoms with Gasteiger partial charge in [-0.25, -0.2) is 14.4 Å². The van der Waals surface area contributed by atoms with Crippen molar-refractivity contribution in [2.45, 2.75) is 6.92 Å². The zero-order valence-corrected chi connectivity index (χ0v) is 17.0. The molecule has 146 valence electrons. The molecule has 0 N–H and O–H groups in total. The average molecular weight is 405 g/mol. The van der Waals surface area contributed by atoms with Crippen LogP contribution in [0.2, 0.25) is 0 Å². The van der Waals surface area contributed by atoms with Gasteiger partial charge in [-0.3, -0.25) is 0 Å². The Morgan fingerprint density at radius 3 is 2.31 bits per heavy atom. The summed E-state index contributed by atoms with van der Waals surface area (Å²) in [6.07, 6.45) is 1.66. The van der Waals surface area contributed by atoms with Gasteiger partial charge in [0.2, 0.25) is 0 Å². The van der Waals surface area contributed by atoms with E-state index in [2.05, 4.69) is 51.0 Å². The third-order valence-corrected chi connectivity index (χ3v) is 6.49. The molecular formula is C23H21FN4S. The van der Waals surface area contributed by atoms with Gasteiger partial charge in [0, 0.05) is 36.6 Å². The number of para-hydroxylation sites is 1. The summed E-state index contributed by atoms with van der Waals surface area (Å²) in [5.74, 6) is 0.816. The van der Waals surface area contributed by atoms with Gasteiger partial charge in [-0.2, -0.15) is 0 Å². The van der Waals surface area contributed by atoms with Crippen LogP contribution < -0.4 is 9.80 Å². The largest absolute Gasteiger partial charge is 0.366 e. The number of halogens is 1. The molecule has 4 nitrogen and oxygen atoms in total. The lowest BCUT2D eigenvalue weighted by Gasteiger charge is -2.37. The molecule has 0 aliphatic carbocycles. The lowest BCUT2D eigenvalue weighted by molar-refractivity contribution is 0.596. The van der Waals surface area contributed by atoms with Crippen LogP contribution in [0.25, 0.3) is 21.3 Å². The maximum absolute atomic E-state index is 14.2. The molecular weight excluding hydrogens is 383 g/mol. The SMILES string of the molecule is Cc1sc2ncnc(N3CCN(c4ccccc4F)CC3)c2c1-c1ccccc1. The predicted molar refractivity (Wildman–Crippen MR) is 118 cm³/mol. The Morgan fingerprint density at radius 1 is 0.862 bits per heavy atom. The first-order chi connectivity index (χ1) is 14.2. The first-order valence-corrected chi connectivity index (χ1v) is 10.6. The summed E-state index contributed by atoms with van der Waals surface area (Å²) in [6.45, 7) is 5.26. The van der Waals surface area contributed by atoms with Crippen LogP contribution in [-0.4, -0.2) is 36.1 Å². The number of fused-ring (bicyclic) bond motifs is 1. The number of anilines is 2. The maximum atomic E-state index is 14.2. The molecule has 3 heterocycles. The summed E-state index contributed by atoms with van der Waals surface area (Å²) in [4.78, 5) is 15.9. The Bertz CT molecular complexity index is 1150. The normalized spacial score (nSPS) is 14.6. The molecule has 4 aromatic rings. The Hall–Kier alpha value is -2.99. The van der Waals surface area contributed by atoms with Crippen molar-refractivity contribution < 1.29 is 4.39 Å². The van der Waals surface area contributed by atoms with E-state index in [4.69, 9.17) is 0 Å². The molecule has 2 aromatic heterocycles. The Balaban J connectivity index is 1.50. The van der Waals surface area contributed by atoms with Crippen LogP contribution >= 0.6 is 11.3 Å². The van der Waals surface area contributed by atoms with E-state index >= 15 is 0 Å². The van der Waals surface area contributed by atoms with Gasteiger partial charge >= 0.3 is 0 Å². The lowest BCUT2D eigenvalue weighted by atomic mass is 10.0. The van der Waals surface area contributed by atoms with Crippen molar-refractivity contribution in [2.24, 2.45) is 0 Å². The number of rotatable bonds is 3. The molecule has 0 radical (unpaired) electrons. The third kappa shape index (κ3) is 3.23. The number of nitrogens with zero attached hydrogens (tertiary/aromatic N) is 4. The quantitative estimate of drug-likeness (QED) is 0.474. The van der Waals surface area contributed by atoms with Gasteiger partial charge in [-0.15, -0.1) is 11.3 Å². The number of benzene rings is 2. The second kappa shape index (κ2) is 7.44. The van der Waals surface area contributed by atoms with Crippen molar-refractivity contribution in [3.05, 3.63) is 71.6 Å². The average Bonchev–Trinajstić information content (AvgIpc) is 3.11. The van der Waals surface area contributed by atoms with Crippen molar-refractivity contribution in [1.82, 2.24) is 9.97 Å². The zero-order valence-electron chi connectivity index (χ0n) is 16.2. The van der Waals surface area contributed by atoms with E-state index in [0.717, 1.165) is 42.2 Å². The predicted octanol–water partition coefficient (Wildman–Crippen LogP) is 5.13. The number of hydrogen-bond donors (Lipinski definition) is 0. The number of aryl methyl sites for hydroxylation is 1. The number of hydrogen-bond acceptors (Lipinski definition) is 5. The highest BCUT2D eigenvalue weighted by Gasteiger charge is 2.24. The molecule has 2 aromatic carbocycles. The van der Waals surface area contributed by atoms with Crippen LogP contribution in [-0.2, 0) is 0 Å². The van der Waals surface area contributed by atoms with Gasteiger partial charge in [0.25, 0.3) is 0 Å². The molecule has 0 spiro atoms. The highest BCUT2D eigenvalue weighted by molar-refractivity contribution is 7.19. The second-order valence-electron chi connectivity index (χ2n) is 7.20. The minimum absolute atomic E-state index is 0.162. The first-order valence-electron chi connectivity index (χ1n) is 9.76. The molecule has 0 atom stereocenters. The first kappa shape index (κ1) is 18.1. The van der Waals surface area contributed by atoms with Crippen LogP contribution in [0.1, 0.15) is 4.88 Å². The van der Waals surface area contributed by atoms with Crippen LogP contribution in [0.15, 0.2) is 60.9 Å². The molecule has 0 saturated carbocycles. The van der Waals surface area contributed by atoms with Gasteiger partial charge < -0.3 is 9.80 Å². The summed E-state index contributed by atoms with van der Waals surface area (Å²) in [5.41, 5.74) is 3.09. The standard InChI is InChI=1S/C23H21FN4S/c1-16-20(17-7-3-2-4-8-17)21-22(25-15-26-23(21)29-16)28-13-11-27(12-14-28)19-10-6-5-9-18(19)24/h2-10,15H,11-14H2,1H3. The summed E-state index contributed by atoms with van der Waals surface area (Å²) < 4.78 is 14.2. The van der Waals surface area contributed by atoms with Crippen LogP contribution in [0.4, 0.5) is 15.9 Å². The third-order valence-electron chi connectivity index (χ3n) is 5.48. The number of piperazine rings is 1. The van der Waals surface area contributed by atoms with E-state index in [-0.39, 0.29) is 5.82 Å². The smallest absolute Gasteiger partial charge is 0.146 e. The van der Waals surface area contributed by atoms with Crippen molar-refractivity contribution in [3.8, 4) is 11.1 Å². The molecule has 1 saturated heterocycles. The Morgan fingerprint density at radius 2 is 1.55 bits per heavy atom. The molecule has 1 aliphatic heterocycles. The zero-order chi connectivity index (χ0) is 19.8. The highest BCUT2D eigenvalue weighted by atomic mass is 32.1. The van der Waals surface area contributed by atoms with E-state index in [1.54, 1.807) is 23.7 Å². The van der Waals surface area contributed by atoms with Gasteiger partial charge in [0.15, 0.2) is 0 Å². The molecule has 29 heavy (non-hydrogen) atoms. The molecule has 0 bridgehead atoms. The summed E-state index contributed by atoms with van der Waals surface area (Å²) in [5, 5.41) is 1.13. The van der Waals surface area contributed by atoms with Crippen molar-refractivity contribution >= 4 is 33.1 Å². The molecule has 0 unspecified atom stereocenters. The summed E-state index contributed by atoms with van der Waals surface area (Å²) in [7, 11) is 0. The Labute approximate surface area is 173 Å². The molecule has 5 rings (SSSR count). The van der Waals surface area contributed by atoms with Crippen molar-refractivity contribution in [3.63, 3.8) is 0 Å². The van der Waals surface area contributed by atoms with E-state index in [1.807, 2.05) is 18.2 Å². The fourth-order valence-electron chi connectivity index (χ4n) is 4.09. The number of thiophene rings is 1. The fraction of sp³-hybridized carbons (Fsp3) is 0.217. The maximum Gasteiger partial charge on any atom is 0.146 e. The van der Waals surface area contributed by atoms with E-state index in [1.165, 1.54) is 22.1 Å². The summed E-state index contributed by atoms with van der Waals surface area (Å²) in [6, 6.07) is 17.4. The summed E-state index contributed by atoms with van der Waals surface area (Å²) >= 11 is 1.71. The van der Waals surface area contributed by atoms with Crippen molar-refractivity contribution in [1.29, 1.82) is 0 Å². The number of aromatic nitrogens is 2. The van der Waals surface area contributed by atoms with Gasteiger partial charge in [-0.05, 0) is 24.6 Å². The monoisotopic (exact) mass is 404 g/mol. The minimum Gasteiger partial charge on any atom is -0.366 e. The van der Waals surface area contributed by atoms with Gasteiger partial charge in [0.05, 0.1) is 11.1 Å². The van der Waals surface area contributed by atoms with Crippen LogP contribution in [0, 0.1) is 12.7 Å². The Kier molecular flexibility index (Phi) is 4.64. The minimum atomic E-state index is -0.162. The van der Waals surface area contributed by atoms with Crippen molar-refractivity contribution in [2.75, 3.05) is 36.0 Å². The van der Waals surface area contributed by atoms with E-state index in [9.17, 15) is 4.39 Å². The topological polar surface area (TPSA) is 32.3 Å².